The van der Waals surface area contributed by atoms with Crippen LogP contribution >= 0.6 is 15.9 Å². The average molecular weight is 264 g/mol. The minimum atomic E-state index is -1.08. The first-order valence-electron chi connectivity index (χ1n) is 3.97. The standard InChI is InChI=1S/C9H11BrFNO2/c1-9(12,4-13)5-2-3-6(11)7(10)8(5)14/h2-3,13-14H,4,12H2,1H3/t9-/m0/s1. The fourth-order valence-corrected chi connectivity index (χ4v) is 1.43. The number of aliphatic hydroxyl groups excluding tert-OH is 1. The van der Waals surface area contributed by atoms with Crippen molar-refractivity contribution in [1.29, 1.82) is 0 Å². The molecule has 0 aliphatic rings. The van der Waals surface area contributed by atoms with Crippen molar-refractivity contribution in [3.8, 4) is 5.75 Å². The Kier molecular flexibility index (Phi) is 3.14. The van der Waals surface area contributed by atoms with Crippen molar-refractivity contribution in [2.75, 3.05) is 6.61 Å². The van der Waals surface area contributed by atoms with Crippen LogP contribution in [0.1, 0.15) is 12.5 Å². The number of rotatable bonds is 2. The largest absolute Gasteiger partial charge is 0.506 e. The van der Waals surface area contributed by atoms with Crippen molar-refractivity contribution < 1.29 is 14.6 Å². The van der Waals surface area contributed by atoms with E-state index in [1.807, 2.05) is 0 Å². The van der Waals surface area contributed by atoms with Gasteiger partial charge in [-0.15, -0.1) is 0 Å². The first kappa shape index (κ1) is 11.4. The van der Waals surface area contributed by atoms with E-state index < -0.39 is 11.4 Å². The maximum absolute atomic E-state index is 12.9. The lowest BCUT2D eigenvalue weighted by Gasteiger charge is -2.23. The van der Waals surface area contributed by atoms with Crippen LogP contribution in [0.3, 0.4) is 0 Å². The van der Waals surface area contributed by atoms with Crippen molar-refractivity contribution in [3.05, 3.63) is 28.0 Å². The molecule has 0 aromatic heterocycles. The predicted octanol–water partition coefficient (Wildman–Crippen LogP) is 1.46. The molecule has 78 valence electrons. The summed E-state index contributed by atoms with van der Waals surface area (Å²) in [6, 6.07) is 2.53. The van der Waals surface area contributed by atoms with Gasteiger partial charge in [-0.1, -0.05) is 6.07 Å². The summed E-state index contributed by atoms with van der Waals surface area (Å²) in [6.45, 7) is 1.21. The molecule has 0 radical (unpaired) electrons. The molecule has 0 amide bonds. The molecule has 1 aromatic carbocycles. The number of halogens is 2. The van der Waals surface area contributed by atoms with E-state index in [1.165, 1.54) is 12.1 Å². The molecule has 0 spiro atoms. The molecule has 1 atom stereocenters. The van der Waals surface area contributed by atoms with E-state index in [2.05, 4.69) is 15.9 Å². The fraction of sp³-hybridized carbons (Fsp3) is 0.333. The molecule has 14 heavy (non-hydrogen) atoms. The van der Waals surface area contributed by atoms with E-state index >= 15 is 0 Å². The van der Waals surface area contributed by atoms with E-state index in [9.17, 15) is 9.50 Å². The molecule has 0 unspecified atom stereocenters. The quantitative estimate of drug-likeness (QED) is 0.757. The van der Waals surface area contributed by atoms with Crippen LogP contribution in [0.5, 0.6) is 5.75 Å². The predicted molar refractivity (Wildman–Crippen MR) is 54.4 cm³/mol. The first-order valence-corrected chi connectivity index (χ1v) is 4.76. The highest BCUT2D eigenvalue weighted by atomic mass is 79.9. The summed E-state index contributed by atoms with van der Waals surface area (Å²) < 4.78 is 12.9. The molecule has 0 heterocycles. The molecule has 0 bridgehead atoms. The first-order chi connectivity index (χ1) is 6.40. The van der Waals surface area contributed by atoms with Crippen molar-refractivity contribution in [1.82, 2.24) is 0 Å². The number of nitrogens with two attached hydrogens (primary N) is 1. The maximum Gasteiger partial charge on any atom is 0.141 e. The van der Waals surface area contributed by atoms with Crippen molar-refractivity contribution >= 4 is 15.9 Å². The molecule has 4 N–H and O–H groups in total. The Morgan fingerprint density at radius 3 is 2.64 bits per heavy atom. The summed E-state index contributed by atoms with van der Waals surface area (Å²) >= 11 is 2.89. The number of hydrogen-bond acceptors (Lipinski definition) is 3. The van der Waals surface area contributed by atoms with E-state index in [0.717, 1.165) is 0 Å². The summed E-state index contributed by atoms with van der Waals surface area (Å²) in [5.74, 6) is -0.843. The third-order valence-electron chi connectivity index (χ3n) is 2.01. The van der Waals surface area contributed by atoms with Gasteiger partial charge in [-0.05, 0) is 28.9 Å². The zero-order chi connectivity index (χ0) is 10.9. The zero-order valence-electron chi connectivity index (χ0n) is 7.59. The molecule has 1 aromatic rings. The maximum atomic E-state index is 12.9. The van der Waals surface area contributed by atoms with Gasteiger partial charge in [-0.3, -0.25) is 0 Å². The Balaban J connectivity index is 3.31. The minimum Gasteiger partial charge on any atom is -0.506 e. The van der Waals surface area contributed by atoms with E-state index in [1.54, 1.807) is 6.92 Å². The van der Waals surface area contributed by atoms with Gasteiger partial charge < -0.3 is 15.9 Å². The smallest absolute Gasteiger partial charge is 0.141 e. The van der Waals surface area contributed by atoms with Crippen molar-refractivity contribution in [2.24, 2.45) is 5.73 Å². The highest BCUT2D eigenvalue weighted by molar-refractivity contribution is 9.10. The van der Waals surface area contributed by atoms with Gasteiger partial charge in [0.2, 0.25) is 0 Å². The van der Waals surface area contributed by atoms with Crippen molar-refractivity contribution in [3.63, 3.8) is 0 Å². The van der Waals surface area contributed by atoms with Crippen LogP contribution in [0.25, 0.3) is 0 Å². The Morgan fingerprint density at radius 1 is 1.57 bits per heavy atom. The van der Waals surface area contributed by atoms with Gasteiger partial charge >= 0.3 is 0 Å². The number of aliphatic hydroxyl groups is 1. The van der Waals surface area contributed by atoms with Crippen LogP contribution < -0.4 is 5.73 Å². The molecule has 0 aliphatic heterocycles. The Bertz CT molecular complexity index is 355. The Labute approximate surface area is 89.5 Å². The van der Waals surface area contributed by atoms with Gasteiger partial charge in [-0.25, -0.2) is 4.39 Å². The van der Waals surface area contributed by atoms with E-state index in [-0.39, 0.29) is 16.8 Å². The summed E-state index contributed by atoms with van der Waals surface area (Å²) in [6.07, 6.45) is 0. The van der Waals surface area contributed by atoms with Crippen molar-refractivity contribution in [2.45, 2.75) is 12.5 Å². The van der Waals surface area contributed by atoms with Crippen LogP contribution in [-0.2, 0) is 5.54 Å². The second kappa shape index (κ2) is 3.84. The second-order valence-corrected chi connectivity index (χ2v) is 4.13. The molecule has 0 saturated heterocycles. The van der Waals surface area contributed by atoms with Crippen LogP contribution in [0.2, 0.25) is 0 Å². The number of phenols is 1. The summed E-state index contributed by atoms with van der Waals surface area (Å²) in [4.78, 5) is 0. The molecular formula is C9H11BrFNO2. The van der Waals surface area contributed by atoms with Gasteiger partial charge in [0, 0.05) is 5.56 Å². The SMILES string of the molecule is C[C@](N)(CO)c1ccc(F)c(Br)c1O. The molecule has 3 nitrogen and oxygen atoms in total. The zero-order valence-corrected chi connectivity index (χ0v) is 9.18. The summed E-state index contributed by atoms with van der Waals surface area (Å²) in [5.41, 5.74) is 4.92. The topological polar surface area (TPSA) is 66.5 Å². The van der Waals surface area contributed by atoms with Gasteiger partial charge in [0.25, 0.3) is 0 Å². The highest BCUT2D eigenvalue weighted by Crippen LogP contribution is 2.35. The molecule has 0 aliphatic carbocycles. The van der Waals surface area contributed by atoms with Gasteiger partial charge in [0.05, 0.1) is 16.6 Å². The number of benzene rings is 1. The fourth-order valence-electron chi connectivity index (χ4n) is 1.09. The third kappa shape index (κ3) is 1.89. The minimum absolute atomic E-state index is 0.0416. The van der Waals surface area contributed by atoms with Gasteiger partial charge in [0.1, 0.15) is 11.6 Å². The number of aromatic hydroxyl groups is 1. The second-order valence-electron chi connectivity index (χ2n) is 3.33. The van der Waals surface area contributed by atoms with Gasteiger partial charge in [-0.2, -0.15) is 0 Å². The summed E-state index contributed by atoms with van der Waals surface area (Å²) in [7, 11) is 0. The number of hydrogen-bond donors (Lipinski definition) is 3. The van der Waals surface area contributed by atoms with Crippen LogP contribution in [0, 0.1) is 5.82 Å². The van der Waals surface area contributed by atoms with Gasteiger partial charge in [0.15, 0.2) is 0 Å². The lowest BCUT2D eigenvalue weighted by atomic mass is 9.93. The Hall–Kier alpha value is -0.650. The monoisotopic (exact) mass is 263 g/mol. The molecule has 0 fully saturated rings. The highest BCUT2D eigenvalue weighted by Gasteiger charge is 2.25. The van der Waals surface area contributed by atoms with Crippen LogP contribution in [-0.4, -0.2) is 16.8 Å². The molecule has 1 rings (SSSR count). The van der Waals surface area contributed by atoms with E-state index in [4.69, 9.17) is 10.8 Å². The Morgan fingerprint density at radius 2 is 2.14 bits per heavy atom. The van der Waals surface area contributed by atoms with E-state index in [0.29, 0.717) is 5.56 Å². The summed E-state index contributed by atoms with van der Waals surface area (Å²) in [5, 5.41) is 18.6. The molecule has 5 heteroatoms. The molecular weight excluding hydrogens is 253 g/mol. The normalized spacial score (nSPS) is 15.2. The van der Waals surface area contributed by atoms with Crippen LogP contribution in [0.15, 0.2) is 16.6 Å². The lowest BCUT2D eigenvalue weighted by Crippen LogP contribution is -2.37. The average Bonchev–Trinajstić information content (AvgIpc) is 2.14. The number of phenolic OH excluding ortho intramolecular Hbond substituents is 1. The third-order valence-corrected chi connectivity index (χ3v) is 2.77. The van der Waals surface area contributed by atoms with Crippen LogP contribution in [0.4, 0.5) is 4.39 Å². The molecule has 0 saturated carbocycles. The lowest BCUT2D eigenvalue weighted by molar-refractivity contribution is 0.206.